The molecule has 0 atom stereocenters. The lowest BCUT2D eigenvalue weighted by Crippen LogP contribution is -2.24. The van der Waals surface area contributed by atoms with Crippen LogP contribution in [0.25, 0.3) is 0 Å². The van der Waals surface area contributed by atoms with E-state index in [1.165, 1.54) is 10.7 Å². The maximum Gasteiger partial charge on any atom is 0.266 e. The predicted molar refractivity (Wildman–Crippen MR) is 63.4 cm³/mol. The zero-order valence-corrected chi connectivity index (χ0v) is 8.84. The molecule has 0 aliphatic heterocycles. The van der Waals surface area contributed by atoms with E-state index in [0.717, 1.165) is 5.69 Å². The topological polar surface area (TPSA) is 46.9 Å². The molecule has 1 aromatic heterocycles. The molecule has 82 valence electrons. The summed E-state index contributed by atoms with van der Waals surface area (Å²) in [7, 11) is 0. The Morgan fingerprint density at radius 3 is 2.69 bits per heavy atom. The molecule has 2 aromatic rings. The molecule has 0 fully saturated rings. The first kappa shape index (κ1) is 10.4. The van der Waals surface area contributed by atoms with Crippen LogP contribution in [0.2, 0.25) is 0 Å². The van der Waals surface area contributed by atoms with Gasteiger partial charge in [0.25, 0.3) is 5.56 Å². The van der Waals surface area contributed by atoms with Crippen LogP contribution in [-0.4, -0.2) is 16.3 Å². The van der Waals surface area contributed by atoms with E-state index in [1.54, 1.807) is 12.3 Å². The van der Waals surface area contributed by atoms with Gasteiger partial charge in [0.1, 0.15) is 0 Å². The Balaban J connectivity index is 1.90. The largest absolute Gasteiger partial charge is 0.383 e. The maximum absolute atomic E-state index is 11.3. The number of hydrogen-bond acceptors (Lipinski definition) is 3. The van der Waals surface area contributed by atoms with Crippen LogP contribution in [0.4, 0.5) is 5.69 Å². The van der Waals surface area contributed by atoms with E-state index < -0.39 is 0 Å². The number of benzene rings is 1. The van der Waals surface area contributed by atoms with Gasteiger partial charge in [0.15, 0.2) is 0 Å². The second kappa shape index (κ2) is 5.11. The molecule has 0 amide bonds. The minimum Gasteiger partial charge on any atom is -0.383 e. The van der Waals surface area contributed by atoms with Crippen molar-refractivity contribution in [3.8, 4) is 0 Å². The summed E-state index contributed by atoms with van der Waals surface area (Å²) in [5, 5.41) is 7.19. The Kier molecular flexibility index (Phi) is 3.33. The summed E-state index contributed by atoms with van der Waals surface area (Å²) in [6.45, 7) is 1.25. The average molecular weight is 215 g/mol. The van der Waals surface area contributed by atoms with Crippen LogP contribution in [0.3, 0.4) is 0 Å². The summed E-state index contributed by atoms with van der Waals surface area (Å²) in [5.74, 6) is 0. The zero-order valence-electron chi connectivity index (χ0n) is 8.84. The lowest BCUT2D eigenvalue weighted by atomic mass is 10.3. The summed E-state index contributed by atoms with van der Waals surface area (Å²) < 4.78 is 1.44. The molecule has 0 saturated heterocycles. The van der Waals surface area contributed by atoms with Crippen molar-refractivity contribution < 1.29 is 0 Å². The van der Waals surface area contributed by atoms with Gasteiger partial charge in [-0.2, -0.15) is 5.10 Å². The van der Waals surface area contributed by atoms with Crippen molar-refractivity contribution in [1.82, 2.24) is 9.78 Å². The second-order valence-corrected chi connectivity index (χ2v) is 3.38. The summed E-state index contributed by atoms with van der Waals surface area (Å²) in [6.07, 6.45) is 1.61. The number of nitrogens with zero attached hydrogens (tertiary/aromatic N) is 2. The van der Waals surface area contributed by atoms with Gasteiger partial charge in [-0.25, -0.2) is 4.68 Å². The van der Waals surface area contributed by atoms with Crippen LogP contribution >= 0.6 is 0 Å². The van der Waals surface area contributed by atoms with Crippen molar-refractivity contribution >= 4 is 5.69 Å². The Morgan fingerprint density at radius 1 is 1.12 bits per heavy atom. The van der Waals surface area contributed by atoms with Gasteiger partial charge in [-0.1, -0.05) is 18.2 Å². The highest BCUT2D eigenvalue weighted by molar-refractivity contribution is 5.42. The molecule has 1 heterocycles. The highest BCUT2D eigenvalue weighted by Gasteiger charge is 1.94. The van der Waals surface area contributed by atoms with Crippen molar-refractivity contribution in [2.45, 2.75) is 6.54 Å². The highest BCUT2D eigenvalue weighted by atomic mass is 16.1. The van der Waals surface area contributed by atoms with Crippen molar-refractivity contribution in [1.29, 1.82) is 0 Å². The Hall–Kier alpha value is -2.10. The predicted octanol–water partition coefficient (Wildman–Crippen LogP) is 1.36. The maximum atomic E-state index is 11.3. The molecule has 0 spiro atoms. The molecule has 0 bridgehead atoms. The van der Waals surface area contributed by atoms with Crippen molar-refractivity contribution in [3.63, 3.8) is 0 Å². The summed E-state index contributed by atoms with van der Waals surface area (Å²) >= 11 is 0. The monoisotopic (exact) mass is 215 g/mol. The number of hydrogen-bond donors (Lipinski definition) is 1. The van der Waals surface area contributed by atoms with Gasteiger partial charge in [-0.15, -0.1) is 0 Å². The van der Waals surface area contributed by atoms with E-state index >= 15 is 0 Å². The fourth-order valence-corrected chi connectivity index (χ4v) is 1.42. The normalized spacial score (nSPS) is 10.0. The Labute approximate surface area is 93.5 Å². The Bertz CT molecular complexity index is 493. The molecular formula is C12H13N3O. The molecule has 0 aliphatic carbocycles. The van der Waals surface area contributed by atoms with Crippen molar-refractivity contribution in [3.05, 3.63) is 59.0 Å². The number of para-hydroxylation sites is 1. The average Bonchev–Trinajstić information content (AvgIpc) is 2.33. The molecular weight excluding hydrogens is 202 g/mol. The van der Waals surface area contributed by atoms with E-state index in [0.29, 0.717) is 13.1 Å². The van der Waals surface area contributed by atoms with E-state index in [-0.39, 0.29) is 5.56 Å². The fraction of sp³-hybridized carbons (Fsp3) is 0.167. The smallest absolute Gasteiger partial charge is 0.266 e. The molecule has 1 N–H and O–H groups in total. The van der Waals surface area contributed by atoms with Crippen LogP contribution in [-0.2, 0) is 6.54 Å². The third kappa shape index (κ3) is 2.70. The SMILES string of the molecule is O=c1cccnn1CCNc1ccccc1. The van der Waals surface area contributed by atoms with Gasteiger partial charge in [0, 0.05) is 24.5 Å². The van der Waals surface area contributed by atoms with Crippen LogP contribution < -0.4 is 10.9 Å². The summed E-state index contributed by atoms with van der Waals surface area (Å²) in [5.41, 5.74) is 0.976. The lowest BCUT2D eigenvalue weighted by Gasteiger charge is -2.06. The van der Waals surface area contributed by atoms with Crippen LogP contribution in [0, 0.1) is 0 Å². The number of rotatable bonds is 4. The van der Waals surface area contributed by atoms with Gasteiger partial charge in [0.05, 0.1) is 6.54 Å². The number of aromatic nitrogens is 2. The Morgan fingerprint density at radius 2 is 1.94 bits per heavy atom. The fourth-order valence-electron chi connectivity index (χ4n) is 1.42. The van der Waals surface area contributed by atoms with Gasteiger partial charge in [-0.05, 0) is 18.2 Å². The van der Waals surface area contributed by atoms with Crippen molar-refractivity contribution in [2.24, 2.45) is 0 Å². The third-order valence-electron chi connectivity index (χ3n) is 2.21. The van der Waals surface area contributed by atoms with Crippen LogP contribution in [0.15, 0.2) is 53.5 Å². The molecule has 1 aromatic carbocycles. The van der Waals surface area contributed by atoms with E-state index in [2.05, 4.69) is 10.4 Å². The van der Waals surface area contributed by atoms with Gasteiger partial charge in [-0.3, -0.25) is 4.79 Å². The first-order valence-electron chi connectivity index (χ1n) is 5.17. The number of anilines is 1. The molecule has 0 radical (unpaired) electrons. The second-order valence-electron chi connectivity index (χ2n) is 3.38. The molecule has 0 unspecified atom stereocenters. The summed E-state index contributed by atoms with van der Waals surface area (Å²) in [4.78, 5) is 11.3. The quantitative estimate of drug-likeness (QED) is 0.837. The molecule has 16 heavy (non-hydrogen) atoms. The standard InChI is InChI=1S/C12H13N3O/c16-12-7-4-8-14-15(12)10-9-13-11-5-2-1-3-6-11/h1-8,13H,9-10H2. The third-order valence-corrected chi connectivity index (χ3v) is 2.21. The van der Waals surface area contributed by atoms with E-state index in [4.69, 9.17) is 0 Å². The van der Waals surface area contributed by atoms with Crippen LogP contribution in [0.5, 0.6) is 0 Å². The molecule has 4 heteroatoms. The van der Waals surface area contributed by atoms with E-state index in [9.17, 15) is 4.79 Å². The zero-order chi connectivity index (χ0) is 11.2. The van der Waals surface area contributed by atoms with Gasteiger partial charge in [0.2, 0.25) is 0 Å². The molecule has 0 saturated carbocycles. The highest BCUT2D eigenvalue weighted by Crippen LogP contribution is 2.03. The minimum atomic E-state index is -0.0719. The summed E-state index contributed by atoms with van der Waals surface area (Å²) in [6, 6.07) is 13.0. The van der Waals surface area contributed by atoms with Gasteiger partial charge < -0.3 is 5.32 Å². The van der Waals surface area contributed by atoms with Crippen molar-refractivity contribution in [2.75, 3.05) is 11.9 Å². The first-order valence-corrected chi connectivity index (χ1v) is 5.17. The lowest BCUT2D eigenvalue weighted by molar-refractivity contribution is 0.597. The first-order chi connectivity index (χ1) is 7.86. The van der Waals surface area contributed by atoms with Crippen LogP contribution in [0.1, 0.15) is 0 Å². The van der Waals surface area contributed by atoms with E-state index in [1.807, 2.05) is 30.3 Å². The number of nitrogens with one attached hydrogen (secondary N) is 1. The molecule has 0 aliphatic rings. The molecule has 4 nitrogen and oxygen atoms in total. The molecule has 2 rings (SSSR count). The van der Waals surface area contributed by atoms with Gasteiger partial charge >= 0.3 is 0 Å². The minimum absolute atomic E-state index is 0.0719.